The summed E-state index contributed by atoms with van der Waals surface area (Å²) in [7, 11) is 0. The van der Waals surface area contributed by atoms with Crippen LogP contribution >= 0.6 is 0 Å². The highest BCUT2D eigenvalue weighted by molar-refractivity contribution is 6.00. The highest BCUT2D eigenvalue weighted by atomic mass is 19.4. The minimum absolute atomic E-state index is 0.0706. The van der Waals surface area contributed by atoms with Crippen LogP contribution in [0.4, 0.5) is 29.3 Å². The molecule has 9 heteroatoms. The highest BCUT2D eigenvalue weighted by Crippen LogP contribution is 2.24. The van der Waals surface area contributed by atoms with Gasteiger partial charge in [-0.05, 0) is 48.5 Å². The van der Waals surface area contributed by atoms with E-state index < -0.39 is 24.1 Å². The topological polar surface area (TPSA) is 87.7 Å². The van der Waals surface area contributed by atoms with Gasteiger partial charge in [-0.2, -0.15) is 0 Å². The molecule has 0 saturated carbocycles. The van der Waals surface area contributed by atoms with Gasteiger partial charge < -0.3 is 20.5 Å². The number of carbonyl (C=O) groups excluding carboxylic acids is 1. The summed E-state index contributed by atoms with van der Waals surface area (Å²) in [5.74, 6) is -1.50. The zero-order valence-corrected chi connectivity index (χ0v) is 11.9. The molecular weight excluding hydrogens is 329 g/mol. The number of urea groups is 1. The Bertz CT molecular complexity index is 728. The van der Waals surface area contributed by atoms with Crippen LogP contribution in [0.3, 0.4) is 0 Å². The molecule has 126 valence electrons. The van der Waals surface area contributed by atoms with Crippen molar-refractivity contribution in [3.63, 3.8) is 0 Å². The second kappa shape index (κ2) is 6.90. The minimum Gasteiger partial charge on any atom is -0.478 e. The van der Waals surface area contributed by atoms with E-state index in [-0.39, 0.29) is 11.3 Å². The van der Waals surface area contributed by atoms with Crippen LogP contribution in [0.25, 0.3) is 0 Å². The summed E-state index contributed by atoms with van der Waals surface area (Å²) in [6.45, 7) is 0. The van der Waals surface area contributed by atoms with E-state index in [2.05, 4.69) is 15.4 Å². The molecule has 0 atom stereocenters. The van der Waals surface area contributed by atoms with Crippen molar-refractivity contribution in [1.29, 1.82) is 0 Å². The Morgan fingerprint density at radius 1 is 0.875 bits per heavy atom. The Morgan fingerprint density at radius 2 is 1.33 bits per heavy atom. The Balaban J connectivity index is 1.93. The monoisotopic (exact) mass is 340 g/mol. The van der Waals surface area contributed by atoms with Crippen LogP contribution in [0.15, 0.2) is 48.5 Å². The van der Waals surface area contributed by atoms with Gasteiger partial charge in [-0.3, -0.25) is 0 Å². The molecule has 2 aromatic rings. The summed E-state index contributed by atoms with van der Waals surface area (Å²) in [6.07, 6.45) is -4.78. The number of alkyl halides is 3. The normalized spacial score (nSPS) is 10.8. The van der Waals surface area contributed by atoms with Crippen molar-refractivity contribution in [1.82, 2.24) is 0 Å². The van der Waals surface area contributed by atoms with E-state index in [4.69, 9.17) is 5.11 Å². The lowest BCUT2D eigenvalue weighted by molar-refractivity contribution is -0.274. The molecule has 0 saturated heterocycles. The van der Waals surface area contributed by atoms with Gasteiger partial charge >= 0.3 is 18.4 Å². The zero-order valence-electron chi connectivity index (χ0n) is 11.9. The van der Waals surface area contributed by atoms with E-state index in [0.29, 0.717) is 5.69 Å². The van der Waals surface area contributed by atoms with Crippen LogP contribution in [0.2, 0.25) is 0 Å². The second-order valence-corrected chi connectivity index (χ2v) is 4.53. The summed E-state index contributed by atoms with van der Waals surface area (Å²) >= 11 is 0. The number of rotatable bonds is 4. The lowest BCUT2D eigenvalue weighted by atomic mass is 10.2. The van der Waals surface area contributed by atoms with Gasteiger partial charge in [-0.1, -0.05) is 0 Å². The number of hydrogen-bond acceptors (Lipinski definition) is 3. The number of carboxylic acids is 1. The molecule has 2 aromatic carbocycles. The molecule has 0 aliphatic carbocycles. The van der Waals surface area contributed by atoms with Gasteiger partial charge in [0.25, 0.3) is 0 Å². The summed E-state index contributed by atoms with van der Waals surface area (Å²) in [5, 5.41) is 13.6. The molecule has 0 aliphatic rings. The molecule has 0 unspecified atom stereocenters. The standard InChI is InChI=1S/C15H11F3N2O4/c16-15(17,18)24-12-7-5-11(6-8-12)20-14(23)19-10-3-1-9(2-4-10)13(21)22/h1-8H,(H,21,22)(H2,19,20,23). The van der Waals surface area contributed by atoms with Crippen molar-refractivity contribution >= 4 is 23.4 Å². The third kappa shape index (κ3) is 5.20. The lowest BCUT2D eigenvalue weighted by Gasteiger charge is -2.10. The summed E-state index contributed by atoms with van der Waals surface area (Å²) in [5.41, 5.74) is 0.680. The molecule has 2 amide bonds. The number of benzene rings is 2. The predicted molar refractivity (Wildman–Crippen MR) is 79.2 cm³/mol. The molecule has 0 aliphatic heterocycles. The van der Waals surface area contributed by atoms with E-state index in [1.165, 1.54) is 36.4 Å². The Kier molecular flexibility index (Phi) is 4.93. The fourth-order valence-corrected chi connectivity index (χ4v) is 1.73. The first kappa shape index (κ1) is 17.1. The third-order valence-corrected chi connectivity index (χ3v) is 2.74. The van der Waals surface area contributed by atoms with Crippen LogP contribution in [-0.4, -0.2) is 23.5 Å². The van der Waals surface area contributed by atoms with Gasteiger partial charge in [0.15, 0.2) is 0 Å². The summed E-state index contributed by atoms with van der Waals surface area (Å²) in [6, 6.07) is 9.43. The minimum atomic E-state index is -4.78. The van der Waals surface area contributed by atoms with E-state index >= 15 is 0 Å². The van der Waals surface area contributed by atoms with Crippen molar-refractivity contribution in [3.05, 3.63) is 54.1 Å². The maximum atomic E-state index is 12.0. The third-order valence-electron chi connectivity index (χ3n) is 2.74. The number of ether oxygens (including phenoxy) is 1. The molecule has 6 nitrogen and oxygen atoms in total. The second-order valence-electron chi connectivity index (χ2n) is 4.53. The molecule has 24 heavy (non-hydrogen) atoms. The van der Waals surface area contributed by atoms with Crippen molar-refractivity contribution < 1.29 is 32.6 Å². The van der Waals surface area contributed by atoms with E-state index in [1.54, 1.807) is 0 Å². The molecule has 0 heterocycles. The van der Waals surface area contributed by atoms with Gasteiger partial charge in [0, 0.05) is 11.4 Å². The summed E-state index contributed by atoms with van der Waals surface area (Å²) < 4.78 is 39.8. The fraction of sp³-hybridized carbons (Fsp3) is 0.0667. The molecule has 0 spiro atoms. The van der Waals surface area contributed by atoms with Crippen LogP contribution in [0.1, 0.15) is 10.4 Å². The molecule has 0 aromatic heterocycles. The Labute approximate surface area is 133 Å². The number of anilines is 2. The molecule has 0 fully saturated rings. The number of carbonyl (C=O) groups is 2. The van der Waals surface area contributed by atoms with Gasteiger partial charge in [0.1, 0.15) is 5.75 Å². The largest absolute Gasteiger partial charge is 0.573 e. The number of carboxylic acid groups (broad SMARTS) is 1. The van der Waals surface area contributed by atoms with E-state index in [0.717, 1.165) is 12.1 Å². The Hall–Kier alpha value is -3.23. The van der Waals surface area contributed by atoms with Crippen LogP contribution in [0, 0.1) is 0 Å². The van der Waals surface area contributed by atoms with Gasteiger partial charge in [0.2, 0.25) is 0 Å². The highest BCUT2D eigenvalue weighted by Gasteiger charge is 2.30. The maximum Gasteiger partial charge on any atom is 0.573 e. The van der Waals surface area contributed by atoms with E-state index in [1.807, 2.05) is 0 Å². The average Bonchev–Trinajstić information content (AvgIpc) is 2.48. The number of halogens is 3. The maximum absolute atomic E-state index is 12.0. The molecule has 0 bridgehead atoms. The number of hydrogen-bond donors (Lipinski definition) is 3. The molecular formula is C15H11F3N2O4. The predicted octanol–water partition coefficient (Wildman–Crippen LogP) is 3.93. The van der Waals surface area contributed by atoms with Crippen LogP contribution < -0.4 is 15.4 Å². The number of aromatic carboxylic acids is 1. The quantitative estimate of drug-likeness (QED) is 0.787. The van der Waals surface area contributed by atoms with E-state index in [9.17, 15) is 22.8 Å². The van der Waals surface area contributed by atoms with Gasteiger partial charge in [-0.25, -0.2) is 9.59 Å². The SMILES string of the molecule is O=C(Nc1ccc(OC(F)(F)F)cc1)Nc1ccc(C(=O)O)cc1. The first-order valence-electron chi connectivity index (χ1n) is 6.50. The molecule has 3 N–H and O–H groups in total. The molecule has 0 radical (unpaired) electrons. The van der Waals surface area contributed by atoms with Crippen molar-refractivity contribution in [2.45, 2.75) is 6.36 Å². The summed E-state index contributed by atoms with van der Waals surface area (Å²) in [4.78, 5) is 22.5. The van der Waals surface area contributed by atoms with Gasteiger partial charge in [0.05, 0.1) is 5.56 Å². The van der Waals surface area contributed by atoms with Gasteiger partial charge in [-0.15, -0.1) is 13.2 Å². The first-order valence-corrected chi connectivity index (χ1v) is 6.50. The van der Waals surface area contributed by atoms with Crippen LogP contribution in [-0.2, 0) is 0 Å². The zero-order chi connectivity index (χ0) is 17.7. The van der Waals surface area contributed by atoms with Crippen LogP contribution in [0.5, 0.6) is 5.75 Å². The number of amides is 2. The van der Waals surface area contributed by atoms with Crippen molar-refractivity contribution in [2.24, 2.45) is 0 Å². The smallest absolute Gasteiger partial charge is 0.478 e. The molecule has 2 rings (SSSR count). The number of nitrogens with one attached hydrogen (secondary N) is 2. The lowest BCUT2D eigenvalue weighted by Crippen LogP contribution is -2.19. The Morgan fingerprint density at radius 3 is 1.75 bits per heavy atom. The van der Waals surface area contributed by atoms with Crippen molar-refractivity contribution in [3.8, 4) is 5.75 Å². The van der Waals surface area contributed by atoms with Crippen molar-refractivity contribution in [2.75, 3.05) is 10.6 Å². The first-order chi connectivity index (χ1) is 11.2. The average molecular weight is 340 g/mol. The fourth-order valence-electron chi connectivity index (χ4n) is 1.73.